The Labute approximate surface area is 640 Å². The van der Waals surface area contributed by atoms with E-state index in [0.717, 1.165) is 5.56 Å². The number of halogens is 2. The topological polar surface area (TPSA) is 40.5 Å². The first-order valence-corrected chi connectivity index (χ1v) is 39.7. The van der Waals surface area contributed by atoms with E-state index in [1.807, 2.05) is 18.2 Å². The van der Waals surface area contributed by atoms with E-state index in [1.165, 1.54) is 212 Å². The zero-order valence-electron chi connectivity index (χ0n) is 63.1. The van der Waals surface area contributed by atoms with Gasteiger partial charge in [-0.2, -0.15) is 0 Å². The molecule has 106 heavy (non-hydrogen) atoms. The molecule has 0 saturated carbocycles. The van der Waals surface area contributed by atoms with Crippen molar-refractivity contribution in [2.24, 2.45) is 0 Å². The molecular formula is C101H87BBr2O2. The van der Waals surface area contributed by atoms with Crippen LogP contribution in [0.1, 0.15) is 176 Å². The Bertz CT molecular complexity index is 6240. The zero-order valence-corrected chi connectivity index (χ0v) is 66.2. The van der Waals surface area contributed by atoms with Crippen LogP contribution in [0.25, 0.3) is 153 Å². The van der Waals surface area contributed by atoms with Gasteiger partial charge in [0.1, 0.15) is 0 Å². The van der Waals surface area contributed by atoms with Gasteiger partial charge in [0.15, 0.2) is 0 Å². The van der Waals surface area contributed by atoms with Gasteiger partial charge in [-0.3, -0.25) is 0 Å². The van der Waals surface area contributed by atoms with Gasteiger partial charge in [0.2, 0.25) is 0 Å². The first kappa shape index (κ1) is 68.4. The molecule has 0 radical (unpaired) electrons. The van der Waals surface area contributed by atoms with E-state index in [0.29, 0.717) is 29.1 Å². The van der Waals surface area contributed by atoms with Gasteiger partial charge >= 0.3 is 7.12 Å². The lowest BCUT2D eigenvalue weighted by molar-refractivity contribution is 0.425. The van der Waals surface area contributed by atoms with Crippen molar-refractivity contribution in [3.8, 4) is 55.6 Å². The third-order valence-corrected chi connectivity index (χ3v) is 26.3. The highest BCUT2D eigenvalue weighted by molar-refractivity contribution is 9.11. The minimum absolute atomic E-state index is 0.0644. The van der Waals surface area contributed by atoms with Gasteiger partial charge in [-0.1, -0.05) is 329 Å². The highest BCUT2D eigenvalue weighted by Crippen LogP contribution is 2.57. The summed E-state index contributed by atoms with van der Waals surface area (Å²) in [7, 11) is -1.44. The lowest BCUT2D eigenvalue weighted by Crippen LogP contribution is -2.30. The maximum Gasteiger partial charge on any atom is 0.488 e. The number of hydrogen-bond donors (Lipinski definition) is 2. The van der Waals surface area contributed by atoms with Crippen LogP contribution in [-0.4, -0.2) is 17.2 Å². The van der Waals surface area contributed by atoms with Crippen molar-refractivity contribution in [1.82, 2.24) is 0 Å². The molecule has 0 spiro atoms. The molecule has 17 aromatic carbocycles. The third kappa shape index (κ3) is 10.1. The highest BCUT2D eigenvalue weighted by atomic mass is 79.9. The van der Waals surface area contributed by atoms with Crippen molar-refractivity contribution in [3.05, 3.63) is 301 Å². The molecule has 2 nitrogen and oxygen atoms in total. The van der Waals surface area contributed by atoms with Gasteiger partial charge in [-0.15, -0.1) is 0 Å². The summed E-state index contributed by atoms with van der Waals surface area (Å²) in [6, 6.07) is 88.9. The highest BCUT2D eigenvalue weighted by Gasteiger charge is 2.40. The van der Waals surface area contributed by atoms with Crippen molar-refractivity contribution in [1.29, 1.82) is 0 Å². The predicted octanol–water partition coefficient (Wildman–Crippen LogP) is 28.3. The minimum atomic E-state index is -1.44. The normalized spacial score (nSPS) is 14.3. The molecule has 0 unspecified atom stereocenters. The van der Waals surface area contributed by atoms with Crippen LogP contribution >= 0.6 is 31.9 Å². The molecular weight excluding hydrogens is 1420 g/mol. The molecule has 5 heteroatoms. The molecule has 0 bridgehead atoms. The molecule has 3 aliphatic carbocycles. The second-order valence-electron chi connectivity index (χ2n) is 33.4. The summed E-state index contributed by atoms with van der Waals surface area (Å²) >= 11 is 7.63. The molecule has 3 aliphatic rings. The Morgan fingerprint density at radius 1 is 0.264 bits per heavy atom. The van der Waals surface area contributed by atoms with Crippen molar-refractivity contribution in [3.63, 3.8) is 0 Å². The van der Waals surface area contributed by atoms with Gasteiger partial charge in [-0.25, -0.2) is 0 Å². The van der Waals surface area contributed by atoms with Crippen LogP contribution in [0.15, 0.2) is 246 Å². The minimum Gasteiger partial charge on any atom is -0.423 e. The Morgan fingerprint density at radius 2 is 0.547 bits per heavy atom. The van der Waals surface area contributed by atoms with Gasteiger partial charge in [0, 0.05) is 25.2 Å². The maximum absolute atomic E-state index is 9.50. The van der Waals surface area contributed by atoms with Crippen LogP contribution in [0.2, 0.25) is 0 Å². The van der Waals surface area contributed by atoms with Gasteiger partial charge in [-0.05, 0) is 274 Å². The fraction of sp³-hybridized carbons (Fsp3) is 0.208. The summed E-state index contributed by atoms with van der Waals surface area (Å²) in [5, 5.41) is 43.1. The van der Waals surface area contributed by atoms with Crippen molar-refractivity contribution in [2.45, 2.75) is 137 Å². The lowest BCUT2D eigenvalue weighted by Gasteiger charge is -2.24. The Hall–Kier alpha value is -9.46. The van der Waals surface area contributed by atoms with E-state index in [1.54, 1.807) is 6.07 Å². The first-order chi connectivity index (χ1) is 50.8. The summed E-state index contributed by atoms with van der Waals surface area (Å²) < 4.78 is 2.39. The number of benzene rings is 17. The van der Waals surface area contributed by atoms with Crippen molar-refractivity contribution < 1.29 is 10.0 Å². The standard InChI is InChI=1S/C60H50.C22H20Br2.C19H17BO2/c1-33(2)45-31-47(37-19-25-51-49(29-37)55-39-15-11-9-13-35(39)17-27-53(55)59(51,5)6)43-24-22-42-46(34(3)4)32-48(44-23-21-41(45)57(43)58(42)44)38-20-26-52-50(30-38)56-40-16-12-10-14-36(40)18-28-54(56)60(52,7)8;1-11(2)17-9-19(23)15-8-6-14-18(12(3)4)10-20(24)16-7-5-13(17)21(15)22(14)16;1-19(2)16-10-8-13(20(21)22)11-15(16)18-14-6-4-3-5-12(14)7-9-17(18)19/h9-34H,1-8H3;5-12H,1-4H3;3-11,21-22H,1-2H3. The van der Waals surface area contributed by atoms with Crippen LogP contribution in [-0.2, 0) is 16.2 Å². The van der Waals surface area contributed by atoms with Crippen LogP contribution in [0.3, 0.4) is 0 Å². The molecule has 0 heterocycles. The Balaban J connectivity index is 0.000000141. The fourth-order valence-corrected chi connectivity index (χ4v) is 20.6. The van der Waals surface area contributed by atoms with Gasteiger partial charge < -0.3 is 10.0 Å². The number of fused-ring (bicyclic) bond motifs is 15. The molecule has 0 amide bonds. The summed E-state index contributed by atoms with van der Waals surface area (Å²) in [5.74, 6) is 1.73. The Kier molecular flexibility index (Phi) is 16.0. The summed E-state index contributed by atoms with van der Waals surface area (Å²) in [6.45, 7) is 32.6. The smallest absolute Gasteiger partial charge is 0.423 e. The van der Waals surface area contributed by atoms with E-state index in [9.17, 15) is 10.0 Å². The SMILES string of the molecule is CC(C)c1cc(-c2ccc3c(c2)-c2c(ccc4ccccc24)C3(C)C)c2ccc3c(C(C)C)cc(-c4ccc5c(c4)-c4c(ccc6ccccc46)C5(C)C)c4ccc1c2c43.CC(C)c1cc(Br)c2ccc3c(C(C)C)cc(Br)c4ccc1c2c43.CC1(C)c2ccc(B(O)O)cc2-c2c1ccc1ccccc21. The zero-order chi connectivity index (χ0) is 73.6. The third-order valence-electron chi connectivity index (χ3n) is 25.0. The van der Waals surface area contributed by atoms with E-state index >= 15 is 0 Å². The molecule has 0 saturated heterocycles. The number of hydrogen-bond acceptors (Lipinski definition) is 2. The monoisotopic (exact) mass is 1500 g/mol. The van der Waals surface area contributed by atoms with Crippen LogP contribution < -0.4 is 5.46 Å². The van der Waals surface area contributed by atoms with Crippen molar-refractivity contribution in [2.75, 3.05) is 0 Å². The lowest BCUT2D eigenvalue weighted by atomic mass is 9.77. The molecule has 20 rings (SSSR count). The van der Waals surface area contributed by atoms with Crippen molar-refractivity contribution >= 4 is 141 Å². The predicted molar refractivity (Wildman–Crippen MR) is 464 cm³/mol. The van der Waals surface area contributed by atoms with Crippen LogP contribution in [0.5, 0.6) is 0 Å². The fourth-order valence-electron chi connectivity index (χ4n) is 19.5. The molecule has 2 N–H and O–H groups in total. The van der Waals surface area contributed by atoms with E-state index in [2.05, 4.69) is 341 Å². The average molecular weight is 1500 g/mol. The second-order valence-corrected chi connectivity index (χ2v) is 35.1. The molecule has 0 fully saturated rings. The van der Waals surface area contributed by atoms with Gasteiger partial charge in [0.05, 0.1) is 0 Å². The van der Waals surface area contributed by atoms with E-state index in [-0.39, 0.29) is 16.2 Å². The molecule has 520 valence electrons. The largest absolute Gasteiger partial charge is 0.488 e. The van der Waals surface area contributed by atoms with E-state index in [4.69, 9.17) is 0 Å². The summed E-state index contributed by atoms with van der Waals surface area (Å²) in [6.07, 6.45) is 0. The average Bonchev–Trinajstić information content (AvgIpc) is 1.15. The maximum atomic E-state index is 9.50. The quantitative estimate of drug-likeness (QED) is 0.123. The molecule has 0 aliphatic heterocycles. The second kappa shape index (κ2) is 24.8. The molecule has 0 atom stereocenters. The van der Waals surface area contributed by atoms with E-state index < -0.39 is 7.12 Å². The number of rotatable bonds is 7. The summed E-state index contributed by atoms with van der Waals surface area (Å²) in [4.78, 5) is 0. The molecule has 17 aromatic rings. The first-order valence-electron chi connectivity index (χ1n) is 38.1. The van der Waals surface area contributed by atoms with Gasteiger partial charge in [0.25, 0.3) is 0 Å². The molecule has 0 aromatic heterocycles. The Morgan fingerprint density at radius 3 is 0.887 bits per heavy atom. The summed E-state index contributed by atoms with van der Waals surface area (Å²) in [5.41, 5.74) is 27.3. The van der Waals surface area contributed by atoms with Crippen LogP contribution in [0.4, 0.5) is 0 Å². The van der Waals surface area contributed by atoms with Crippen LogP contribution in [0, 0.1) is 0 Å².